The fourth-order valence-electron chi connectivity index (χ4n) is 21.6. The van der Waals surface area contributed by atoms with E-state index in [0.29, 0.717) is 0 Å². The van der Waals surface area contributed by atoms with Gasteiger partial charge in [0.1, 0.15) is 0 Å². The molecule has 0 nitrogen and oxygen atoms in total. The molecule has 33 aromatic rings. The molecular formula is C134H86S13. The zero-order chi connectivity index (χ0) is 98.1. The maximum Gasteiger partial charge on any atom is 0.0784 e. The Labute approximate surface area is 899 Å². The summed E-state index contributed by atoms with van der Waals surface area (Å²) in [4.78, 5) is 9.33. The van der Waals surface area contributed by atoms with Gasteiger partial charge in [0, 0.05) is 91.2 Å². The first-order chi connectivity index (χ1) is 72.0. The van der Waals surface area contributed by atoms with Gasteiger partial charge in [-0.15, -0.1) is 147 Å². The second-order valence-electron chi connectivity index (χ2n) is 38.7. The summed E-state index contributed by atoms with van der Waals surface area (Å²) in [6.07, 6.45) is 1.11. The predicted octanol–water partition coefficient (Wildman–Crippen LogP) is 45.7. The molecule has 0 aliphatic carbocycles. The Hall–Kier alpha value is -13.7. The van der Waals surface area contributed by atoms with Crippen LogP contribution >= 0.6 is 147 Å². The van der Waals surface area contributed by atoms with Crippen LogP contribution in [-0.4, -0.2) is 0 Å². The zero-order valence-corrected chi connectivity index (χ0v) is 91.5. The van der Waals surface area contributed by atoms with Crippen LogP contribution in [0.2, 0.25) is 0 Å². The molecule has 0 unspecified atom stereocenters. The molecule has 0 spiro atoms. The van der Waals surface area contributed by atoms with E-state index in [0.717, 1.165) is 16.9 Å². The van der Waals surface area contributed by atoms with Gasteiger partial charge in [-0.25, -0.2) is 0 Å². The molecule has 0 N–H and O–H groups in total. The Bertz CT molecular complexity index is 11200. The van der Waals surface area contributed by atoms with Crippen LogP contribution in [0.3, 0.4) is 0 Å². The van der Waals surface area contributed by atoms with Crippen LogP contribution in [0, 0.1) is 53.4 Å². The molecule has 0 aliphatic heterocycles. The van der Waals surface area contributed by atoms with Gasteiger partial charge in [-0.2, -0.15) is 0 Å². The average molecular weight is 2110 g/mol. The van der Waals surface area contributed by atoms with Crippen LogP contribution in [0.5, 0.6) is 0 Å². The van der Waals surface area contributed by atoms with Gasteiger partial charge < -0.3 is 0 Å². The minimum absolute atomic E-state index is 1.06. The number of fused-ring (bicyclic) bond motifs is 30. The van der Waals surface area contributed by atoms with Crippen LogP contribution < -0.4 is 0 Å². The van der Waals surface area contributed by atoms with E-state index in [9.17, 15) is 0 Å². The summed E-state index contributed by atoms with van der Waals surface area (Å²) in [7, 11) is 0. The predicted molar refractivity (Wildman–Crippen MR) is 672 cm³/mol. The Morgan fingerprint density at radius 2 is 0.524 bits per heavy atom. The number of rotatable bonds is 3. The second kappa shape index (κ2) is 37.0. The van der Waals surface area contributed by atoms with Crippen molar-refractivity contribution in [3.05, 3.63) is 425 Å². The highest BCUT2D eigenvalue weighted by molar-refractivity contribution is 7.26. The molecule has 0 amide bonds. The van der Waals surface area contributed by atoms with Crippen LogP contribution in [-0.2, 0) is 6.42 Å². The van der Waals surface area contributed by atoms with E-state index in [1.807, 2.05) is 136 Å². The van der Waals surface area contributed by atoms with Gasteiger partial charge >= 0.3 is 0 Å². The van der Waals surface area contributed by atoms with Crippen LogP contribution in [0.15, 0.2) is 377 Å². The maximum absolute atomic E-state index is 3.35. The zero-order valence-electron chi connectivity index (χ0n) is 80.9. The summed E-state index contributed by atoms with van der Waals surface area (Å²) in [5.41, 5.74) is 7.79. The smallest absolute Gasteiger partial charge is 0.0784 e. The maximum atomic E-state index is 3.35. The minimum Gasteiger partial charge on any atom is -0.144 e. The molecule has 0 bridgehead atoms. The van der Waals surface area contributed by atoms with Gasteiger partial charge in [-0.1, -0.05) is 139 Å². The van der Waals surface area contributed by atoms with Crippen molar-refractivity contribution in [2.45, 2.75) is 54.9 Å². The first kappa shape index (κ1) is 90.8. The molecule has 0 aliphatic rings. The van der Waals surface area contributed by atoms with Crippen molar-refractivity contribution in [3.8, 4) is 32.0 Å². The molecule has 700 valence electrons. The molecule has 0 saturated heterocycles. The van der Waals surface area contributed by atoms with Gasteiger partial charge in [0.2, 0.25) is 0 Å². The number of benzene rings is 20. The van der Waals surface area contributed by atoms with Crippen LogP contribution in [0.1, 0.15) is 54.2 Å². The second-order valence-corrected chi connectivity index (χ2v) is 52.4. The Morgan fingerprint density at radius 1 is 0.190 bits per heavy atom. The third-order valence-corrected chi connectivity index (χ3v) is 42.0. The number of hydrogen-bond acceptors (Lipinski definition) is 13. The highest BCUT2D eigenvalue weighted by atomic mass is 32.1. The van der Waals surface area contributed by atoms with E-state index < -0.39 is 0 Å². The number of hydrogen-bond donors (Lipinski definition) is 0. The molecule has 13 aromatic heterocycles. The van der Waals surface area contributed by atoms with E-state index in [4.69, 9.17) is 0 Å². The van der Waals surface area contributed by atoms with E-state index >= 15 is 0 Å². The van der Waals surface area contributed by atoms with Gasteiger partial charge in [0.25, 0.3) is 0 Å². The van der Waals surface area contributed by atoms with Crippen molar-refractivity contribution in [2.75, 3.05) is 0 Å². The van der Waals surface area contributed by atoms with Gasteiger partial charge in [0.05, 0.1) is 4.88 Å². The molecule has 13 heterocycles. The van der Waals surface area contributed by atoms with E-state index in [-0.39, 0.29) is 0 Å². The Balaban J connectivity index is 0.0000000855. The summed E-state index contributed by atoms with van der Waals surface area (Å²) >= 11 is 24.0. The van der Waals surface area contributed by atoms with Crippen LogP contribution in [0.4, 0.5) is 0 Å². The number of thiophene rings is 13. The topological polar surface area (TPSA) is 0 Å². The van der Waals surface area contributed by atoms with Crippen molar-refractivity contribution in [3.63, 3.8) is 0 Å². The Morgan fingerprint density at radius 3 is 0.918 bits per heavy atom. The molecule has 0 saturated carbocycles. The summed E-state index contributed by atoms with van der Waals surface area (Å²) < 4.78 is 16.4. The van der Waals surface area contributed by atoms with Crippen LogP contribution in [0.25, 0.3) is 270 Å². The monoisotopic (exact) mass is 2110 g/mol. The SMILES string of the molecule is CCc1csc2cc3c(ccc4cc5cc(C)sc5cc43)cc12.Cc1cc2cc3ccc4cc5ccsc5cc4c3cc2s1.Cc1ccc(-c2cc3cc4ccc5cc6ccsc6cc5c4cc3s2)s1.Cc1ccc(C#Cc2cc3cc4ccc5cc6ccsc6cc5c4cc3s2)cc1.Cc1cccc(-c2cc3cc4ccc5cc6ccsc6cc5c4cc3s2)c1.Cc1csc2cc3c(ccc4cc5ccsc5cc43)cc12. The summed E-state index contributed by atoms with van der Waals surface area (Å²) in [5, 5.41) is 63.9. The lowest BCUT2D eigenvalue weighted by atomic mass is 9.99. The lowest BCUT2D eigenvalue weighted by Crippen LogP contribution is -1.80. The van der Waals surface area contributed by atoms with Crippen molar-refractivity contribution in [2.24, 2.45) is 0 Å². The molecule has 147 heavy (non-hydrogen) atoms. The van der Waals surface area contributed by atoms with Crippen molar-refractivity contribution >= 4 is 398 Å². The molecule has 33 rings (SSSR count). The summed E-state index contributed by atoms with van der Waals surface area (Å²) in [5.74, 6) is 6.65. The summed E-state index contributed by atoms with van der Waals surface area (Å²) in [6, 6.07) is 128. The third kappa shape index (κ3) is 16.9. The lowest BCUT2D eigenvalue weighted by Gasteiger charge is -2.06. The molecule has 20 aromatic carbocycles. The highest BCUT2D eigenvalue weighted by Gasteiger charge is 2.19. The van der Waals surface area contributed by atoms with Gasteiger partial charge in [-0.05, 0) is 527 Å². The third-order valence-electron chi connectivity index (χ3n) is 29.0. The van der Waals surface area contributed by atoms with Gasteiger partial charge in [-0.3, -0.25) is 0 Å². The molecule has 13 heteroatoms. The average Bonchev–Trinajstić information content (AvgIpc) is 1.64. The van der Waals surface area contributed by atoms with Crippen molar-refractivity contribution in [1.82, 2.24) is 0 Å². The van der Waals surface area contributed by atoms with Crippen molar-refractivity contribution < 1.29 is 0 Å². The van der Waals surface area contributed by atoms with E-state index in [1.165, 1.54) is 307 Å². The molecule has 0 atom stereocenters. The largest absolute Gasteiger partial charge is 0.144 e. The minimum atomic E-state index is 1.06. The standard InChI is InChI=1S/C27H16S2.C25H16S2.C23H14S3.C21H16S2.2C19H12S2/c1-17-2-4-18(5-3-17)6-9-23-14-22-13-20-8-7-19-12-21-10-11-28-26(21)15-24(19)25(20)16-27(22)29-23;1-15-3-2-4-18(9-15)24-12-20-11-17-6-5-16-10-19-7-8-26-23(19)13-21(16)22(17)14-25(20)27-24;1-13-2-5-20(25-13)23-10-17-9-15-4-3-14-8-16-6-7-24-21(16)11-18(14)19(15)12-22(17)26-23;1-3-13-11-22-21-10-18-15(8-19(13)21)5-4-14-7-16-6-12(2)23-20(16)9-17(14)18;1-11-10-21-19-9-17-13(7-15(11)19)3-2-12-6-14-4-5-20-18(14)8-16(12)17;1-11-6-15-8-13-3-2-12-7-14-4-5-20-18(14)9-16(12)17(13)10-19(15)21-11/h2-5,7-8,10-16H,1H3;2-14H,1H3;2-12H,1H3;4-11H,3H2,1-2H3;2*2-10H,1H3. The Kier molecular flexibility index (Phi) is 22.9. The quantitative estimate of drug-likeness (QED) is 0.122. The van der Waals surface area contributed by atoms with Gasteiger partial charge in [0.15, 0.2) is 0 Å². The summed E-state index contributed by atoms with van der Waals surface area (Å²) in [6.45, 7) is 15.2. The first-order valence-electron chi connectivity index (χ1n) is 49.3. The van der Waals surface area contributed by atoms with E-state index in [2.05, 4.69) is 438 Å². The molecule has 0 fully saturated rings. The first-order valence-corrected chi connectivity index (χ1v) is 60.3. The fourth-order valence-corrected chi connectivity index (χ4v) is 33.6. The van der Waals surface area contributed by atoms with E-state index in [1.54, 1.807) is 11.3 Å². The number of aryl methyl sites for hydroxylation is 7. The normalized spacial score (nSPS) is 11.9. The van der Waals surface area contributed by atoms with Crippen molar-refractivity contribution in [1.29, 1.82) is 0 Å². The lowest BCUT2D eigenvalue weighted by molar-refractivity contribution is 1.17. The highest BCUT2D eigenvalue weighted by Crippen LogP contribution is 2.48. The molecule has 0 radical (unpaired) electrons. The fraction of sp³-hybridized carbons (Fsp3) is 0.0597. The molecular weight excluding hydrogens is 2030 g/mol.